The summed E-state index contributed by atoms with van der Waals surface area (Å²) in [6, 6.07) is 6.15. The van der Waals surface area contributed by atoms with E-state index in [1.54, 1.807) is 6.07 Å². The summed E-state index contributed by atoms with van der Waals surface area (Å²) in [5.41, 5.74) is 1.38. The zero-order valence-corrected chi connectivity index (χ0v) is 8.07. The van der Waals surface area contributed by atoms with Crippen molar-refractivity contribution in [1.29, 1.82) is 0 Å². The molecular formula is C11H14N2O. The molecule has 3 aliphatic heterocycles. The number of aromatic nitrogens is 1. The van der Waals surface area contributed by atoms with Crippen LogP contribution in [-0.2, 0) is 6.54 Å². The summed E-state index contributed by atoms with van der Waals surface area (Å²) in [6.45, 7) is 1.89. The van der Waals surface area contributed by atoms with E-state index in [-0.39, 0.29) is 5.56 Å². The fourth-order valence-electron chi connectivity index (χ4n) is 2.63. The fraction of sp³-hybridized carbons (Fsp3) is 0.545. The predicted octanol–water partition coefficient (Wildman–Crippen LogP) is 0.698. The van der Waals surface area contributed by atoms with Crippen molar-refractivity contribution in [2.24, 2.45) is 0 Å². The van der Waals surface area contributed by atoms with Gasteiger partial charge in [0.05, 0.1) is 0 Å². The van der Waals surface area contributed by atoms with Crippen molar-refractivity contribution in [3.05, 3.63) is 34.2 Å². The quantitative estimate of drug-likeness (QED) is 0.653. The molecule has 3 nitrogen and oxygen atoms in total. The van der Waals surface area contributed by atoms with Gasteiger partial charge in [0, 0.05) is 36.8 Å². The van der Waals surface area contributed by atoms with Crippen molar-refractivity contribution in [2.45, 2.75) is 31.3 Å². The van der Waals surface area contributed by atoms with E-state index in [0.29, 0.717) is 12.0 Å². The third-order valence-corrected chi connectivity index (χ3v) is 3.42. The zero-order chi connectivity index (χ0) is 9.54. The van der Waals surface area contributed by atoms with Crippen molar-refractivity contribution < 1.29 is 0 Å². The van der Waals surface area contributed by atoms with Crippen LogP contribution in [0, 0.1) is 0 Å². The SMILES string of the molecule is O=c1cccc2n1CC1CCC2CN1. The van der Waals surface area contributed by atoms with Crippen LogP contribution in [0.1, 0.15) is 24.5 Å². The lowest BCUT2D eigenvalue weighted by Crippen LogP contribution is -2.37. The number of pyridine rings is 1. The molecule has 2 bridgehead atoms. The number of fused-ring (bicyclic) bond motifs is 2. The van der Waals surface area contributed by atoms with Gasteiger partial charge in [0.1, 0.15) is 0 Å². The first-order chi connectivity index (χ1) is 6.84. The van der Waals surface area contributed by atoms with Crippen LogP contribution in [0.25, 0.3) is 0 Å². The van der Waals surface area contributed by atoms with E-state index in [2.05, 4.69) is 11.4 Å². The Morgan fingerprint density at radius 3 is 3.07 bits per heavy atom. The summed E-state index contributed by atoms with van der Waals surface area (Å²) in [7, 11) is 0. The van der Waals surface area contributed by atoms with Crippen LogP contribution in [0.4, 0.5) is 0 Å². The molecule has 0 radical (unpaired) electrons. The van der Waals surface area contributed by atoms with E-state index in [9.17, 15) is 4.79 Å². The number of piperidine rings is 1. The number of hydrogen-bond donors (Lipinski definition) is 1. The van der Waals surface area contributed by atoms with Gasteiger partial charge in [-0.15, -0.1) is 0 Å². The predicted molar refractivity (Wildman–Crippen MR) is 54.5 cm³/mol. The van der Waals surface area contributed by atoms with E-state index in [1.807, 2.05) is 10.6 Å². The Hall–Kier alpha value is -1.09. The van der Waals surface area contributed by atoms with Gasteiger partial charge < -0.3 is 9.88 Å². The second kappa shape index (κ2) is 2.95. The first kappa shape index (κ1) is 8.24. The van der Waals surface area contributed by atoms with Crippen LogP contribution in [0.2, 0.25) is 0 Å². The minimum Gasteiger partial charge on any atom is -0.312 e. The fourth-order valence-corrected chi connectivity index (χ4v) is 2.63. The standard InChI is InChI=1S/C11H14N2O/c14-11-3-1-2-10-8-4-5-9(12-6-8)7-13(10)11/h1-3,8-9,12H,4-7H2. The third kappa shape index (κ3) is 1.12. The van der Waals surface area contributed by atoms with Gasteiger partial charge in [-0.2, -0.15) is 0 Å². The molecule has 1 fully saturated rings. The molecule has 0 aliphatic carbocycles. The maximum Gasteiger partial charge on any atom is 0.250 e. The van der Waals surface area contributed by atoms with Crippen LogP contribution >= 0.6 is 0 Å². The Morgan fingerprint density at radius 1 is 1.36 bits per heavy atom. The highest BCUT2D eigenvalue weighted by atomic mass is 16.1. The van der Waals surface area contributed by atoms with Gasteiger partial charge >= 0.3 is 0 Å². The highest BCUT2D eigenvalue weighted by Gasteiger charge is 2.28. The number of nitrogens with one attached hydrogen (secondary N) is 1. The van der Waals surface area contributed by atoms with E-state index in [0.717, 1.165) is 13.1 Å². The molecule has 3 heteroatoms. The summed E-state index contributed by atoms with van der Waals surface area (Å²) >= 11 is 0. The summed E-state index contributed by atoms with van der Waals surface area (Å²) < 4.78 is 1.95. The van der Waals surface area contributed by atoms with Crippen LogP contribution in [0.3, 0.4) is 0 Å². The molecule has 0 aromatic carbocycles. The van der Waals surface area contributed by atoms with E-state index in [4.69, 9.17) is 0 Å². The van der Waals surface area contributed by atoms with Crippen molar-refractivity contribution in [3.8, 4) is 0 Å². The minimum atomic E-state index is 0.156. The monoisotopic (exact) mass is 190 g/mol. The molecule has 1 N–H and O–H groups in total. The molecule has 3 aliphatic rings. The van der Waals surface area contributed by atoms with Crippen LogP contribution in [-0.4, -0.2) is 17.2 Å². The molecule has 0 spiro atoms. The topological polar surface area (TPSA) is 34.0 Å². The van der Waals surface area contributed by atoms with Gasteiger partial charge in [-0.3, -0.25) is 4.79 Å². The minimum absolute atomic E-state index is 0.156. The molecule has 1 aromatic heterocycles. The van der Waals surface area contributed by atoms with E-state index >= 15 is 0 Å². The number of rotatable bonds is 0. The van der Waals surface area contributed by atoms with Crippen LogP contribution < -0.4 is 10.9 Å². The molecule has 4 rings (SSSR count). The molecule has 4 heterocycles. The second-order valence-electron chi connectivity index (χ2n) is 4.28. The molecule has 74 valence electrons. The van der Waals surface area contributed by atoms with Crippen molar-refractivity contribution >= 4 is 0 Å². The first-order valence-electron chi connectivity index (χ1n) is 5.28. The summed E-state index contributed by atoms with van der Waals surface area (Å²) in [4.78, 5) is 11.7. The van der Waals surface area contributed by atoms with Gasteiger partial charge in [0.2, 0.25) is 0 Å². The van der Waals surface area contributed by atoms with Gasteiger partial charge in [0.25, 0.3) is 5.56 Å². The normalized spacial score (nSPS) is 29.7. The molecule has 1 aromatic rings. The maximum atomic E-state index is 11.7. The Bertz CT molecular complexity index is 402. The Balaban J connectivity index is 2.19. The molecule has 2 unspecified atom stereocenters. The zero-order valence-electron chi connectivity index (χ0n) is 8.07. The Kier molecular flexibility index (Phi) is 1.74. The molecule has 1 saturated heterocycles. The van der Waals surface area contributed by atoms with E-state index in [1.165, 1.54) is 18.5 Å². The largest absolute Gasteiger partial charge is 0.312 e. The maximum absolute atomic E-state index is 11.7. The van der Waals surface area contributed by atoms with Crippen LogP contribution in [0.15, 0.2) is 23.0 Å². The highest BCUT2D eigenvalue weighted by molar-refractivity contribution is 5.16. The highest BCUT2D eigenvalue weighted by Crippen LogP contribution is 2.28. The molecule has 2 atom stereocenters. The smallest absolute Gasteiger partial charge is 0.250 e. The Labute approximate surface area is 82.8 Å². The molecule has 0 amide bonds. The molecular weight excluding hydrogens is 176 g/mol. The molecule has 14 heavy (non-hydrogen) atoms. The van der Waals surface area contributed by atoms with Gasteiger partial charge in [-0.25, -0.2) is 0 Å². The van der Waals surface area contributed by atoms with Gasteiger partial charge in [-0.05, 0) is 18.9 Å². The average molecular weight is 190 g/mol. The second-order valence-corrected chi connectivity index (χ2v) is 4.28. The van der Waals surface area contributed by atoms with Crippen molar-refractivity contribution in [2.75, 3.05) is 6.54 Å². The van der Waals surface area contributed by atoms with Crippen LogP contribution in [0.5, 0.6) is 0 Å². The molecule has 0 saturated carbocycles. The average Bonchev–Trinajstić information content (AvgIpc) is 2.49. The summed E-state index contributed by atoms with van der Waals surface area (Å²) in [5.74, 6) is 0.544. The van der Waals surface area contributed by atoms with Gasteiger partial charge in [0.15, 0.2) is 0 Å². The number of hydrogen-bond acceptors (Lipinski definition) is 2. The lowest BCUT2D eigenvalue weighted by atomic mass is 9.94. The summed E-state index contributed by atoms with van der Waals surface area (Å²) in [5, 5.41) is 3.50. The lowest BCUT2D eigenvalue weighted by molar-refractivity contribution is 0.373. The van der Waals surface area contributed by atoms with Gasteiger partial charge in [-0.1, -0.05) is 6.07 Å². The Morgan fingerprint density at radius 2 is 2.29 bits per heavy atom. The van der Waals surface area contributed by atoms with Crippen molar-refractivity contribution in [3.63, 3.8) is 0 Å². The number of nitrogens with zero attached hydrogens (tertiary/aromatic N) is 1. The van der Waals surface area contributed by atoms with E-state index < -0.39 is 0 Å². The third-order valence-electron chi connectivity index (χ3n) is 3.42. The summed E-state index contributed by atoms with van der Waals surface area (Å²) in [6.07, 6.45) is 2.42. The lowest BCUT2D eigenvalue weighted by Gasteiger charge is -2.23. The van der Waals surface area contributed by atoms with Crippen molar-refractivity contribution in [1.82, 2.24) is 9.88 Å². The first-order valence-corrected chi connectivity index (χ1v) is 5.28.